The first-order valence-electron chi connectivity index (χ1n) is 13.3. The molecule has 2 aromatic heterocycles. The molecule has 2 aliphatic heterocycles. The number of hydrogen-bond donors (Lipinski definition) is 2. The first-order chi connectivity index (χ1) is 19.0. The van der Waals surface area contributed by atoms with E-state index in [4.69, 9.17) is 27.1 Å². The minimum Gasteiger partial charge on any atom is -0.463 e. The number of benzene rings is 2. The fraction of sp³-hybridized carbons (Fsp3) is 0.464. The standard InChI is InChI=1S/C28H32ClF2N7OS/c1-28(2,12-37(3)4)13-39-27-35-22-17(25(36-27)38-10-14-5-6-15(11-38)33-14)9-18(29)20(21(22)31)16-7-8-19(30)24-23(16)34-26(32)40-24/h7-9,14-15,33H,5-6,10-13H2,1-4H3,(H2,32,34). The second kappa shape index (κ2) is 10.2. The van der Waals surface area contributed by atoms with Gasteiger partial charge in [0, 0.05) is 53.6 Å². The molecule has 2 unspecified atom stereocenters. The summed E-state index contributed by atoms with van der Waals surface area (Å²) in [5, 5.41) is 4.48. The molecular formula is C28H32ClF2N7OS. The summed E-state index contributed by atoms with van der Waals surface area (Å²) in [6.45, 7) is 6.82. The fourth-order valence-electron chi connectivity index (χ4n) is 6.04. The lowest BCUT2D eigenvalue weighted by molar-refractivity contribution is 0.133. The van der Waals surface area contributed by atoms with Crippen molar-refractivity contribution in [2.45, 2.75) is 38.8 Å². The van der Waals surface area contributed by atoms with Crippen LogP contribution < -0.4 is 20.7 Å². The molecule has 12 heteroatoms. The summed E-state index contributed by atoms with van der Waals surface area (Å²) < 4.78 is 37.5. The topological polar surface area (TPSA) is 92.4 Å². The van der Waals surface area contributed by atoms with Crippen LogP contribution in [0.5, 0.6) is 6.01 Å². The number of thiazole rings is 1. The Hall–Kier alpha value is -2.86. The van der Waals surface area contributed by atoms with Crippen LogP contribution in [0.4, 0.5) is 19.7 Å². The van der Waals surface area contributed by atoms with Crippen molar-refractivity contribution in [2.75, 3.05) is 51.0 Å². The van der Waals surface area contributed by atoms with E-state index in [0.717, 1.165) is 43.8 Å². The summed E-state index contributed by atoms with van der Waals surface area (Å²) in [6, 6.07) is 5.24. The van der Waals surface area contributed by atoms with Gasteiger partial charge in [-0.2, -0.15) is 9.97 Å². The number of nitrogens with one attached hydrogen (secondary N) is 1. The van der Waals surface area contributed by atoms with E-state index < -0.39 is 11.6 Å². The van der Waals surface area contributed by atoms with Gasteiger partial charge < -0.3 is 25.6 Å². The lowest BCUT2D eigenvalue weighted by atomic mass is 9.94. The second-order valence-corrected chi connectivity index (χ2v) is 13.3. The average Bonchev–Trinajstić information content (AvgIpc) is 3.44. The molecule has 0 spiro atoms. The van der Waals surface area contributed by atoms with Gasteiger partial charge in [-0.3, -0.25) is 0 Å². The molecule has 40 heavy (non-hydrogen) atoms. The monoisotopic (exact) mass is 587 g/mol. The number of halogens is 3. The van der Waals surface area contributed by atoms with Crippen molar-refractivity contribution in [1.82, 2.24) is 25.2 Å². The Morgan fingerprint density at radius 1 is 1.15 bits per heavy atom. The normalized spacial score (nSPS) is 19.4. The highest BCUT2D eigenvalue weighted by Crippen LogP contribution is 2.43. The summed E-state index contributed by atoms with van der Waals surface area (Å²) in [5.41, 5.74) is 6.49. The molecule has 2 bridgehead atoms. The van der Waals surface area contributed by atoms with E-state index in [2.05, 4.69) is 38.9 Å². The Morgan fingerprint density at radius 2 is 1.88 bits per heavy atom. The van der Waals surface area contributed by atoms with Crippen LogP contribution in [0.1, 0.15) is 26.7 Å². The summed E-state index contributed by atoms with van der Waals surface area (Å²) in [7, 11) is 4.02. The van der Waals surface area contributed by atoms with E-state index in [0.29, 0.717) is 35.5 Å². The Bertz CT molecular complexity index is 1600. The van der Waals surface area contributed by atoms with Crippen molar-refractivity contribution < 1.29 is 13.5 Å². The van der Waals surface area contributed by atoms with Gasteiger partial charge in [-0.15, -0.1) is 0 Å². The maximum absolute atomic E-state index is 16.6. The molecule has 3 N–H and O–H groups in total. The third kappa shape index (κ3) is 5.04. The van der Waals surface area contributed by atoms with Crippen LogP contribution >= 0.6 is 22.9 Å². The number of nitrogen functional groups attached to an aromatic ring is 1. The van der Waals surface area contributed by atoms with Gasteiger partial charge in [0.05, 0.1) is 21.8 Å². The van der Waals surface area contributed by atoms with Crippen LogP contribution in [-0.2, 0) is 0 Å². The van der Waals surface area contributed by atoms with Gasteiger partial charge in [-0.05, 0) is 45.1 Å². The van der Waals surface area contributed by atoms with Gasteiger partial charge in [-0.25, -0.2) is 13.8 Å². The highest BCUT2D eigenvalue weighted by atomic mass is 35.5. The number of nitrogens with two attached hydrogens (primary N) is 1. The number of anilines is 2. The third-order valence-corrected chi connectivity index (χ3v) is 8.67. The highest BCUT2D eigenvalue weighted by Gasteiger charge is 2.34. The van der Waals surface area contributed by atoms with E-state index >= 15 is 4.39 Å². The number of nitrogens with zero attached hydrogens (tertiary/aromatic N) is 5. The van der Waals surface area contributed by atoms with Gasteiger partial charge in [0.25, 0.3) is 0 Å². The third-order valence-electron chi connectivity index (χ3n) is 7.48. The Balaban J connectivity index is 1.51. The predicted molar refractivity (Wildman–Crippen MR) is 157 cm³/mol. The molecule has 2 aromatic carbocycles. The predicted octanol–water partition coefficient (Wildman–Crippen LogP) is 5.33. The summed E-state index contributed by atoms with van der Waals surface area (Å²) >= 11 is 7.78. The average molecular weight is 588 g/mol. The molecule has 212 valence electrons. The molecule has 0 saturated carbocycles. The van der Waals surface area contributed by atoms with Gasteiger partial charge in [-0.1, -0.05) is 36.8 Å². The van der Waals surface area contributed by atoms with E-state index in [1.807, 2.05) is 14.1 Å². The largest absolute Gasteiger partial charge is 0.463 e. The van der Waals surface area contributed by atoms with Crippen LogP contribution in [-0.4, -0.2) is 72.3 Å². The zero-order valence-corrected chi connectivity index (χ0v) is 24.5. The van der Waals surface area contributed by atoms with E-state index in [-0.39, 0.29) is 42.9 Å². The minimum atomic E-state index is -0.638. The lowest BCUT2D eigenvalue weighted by Crippen LogP contribution is -2.51. The molecule has 0 aliphatic carbocycles. The van der Waals surface area contributed by atoms with Gasteiger partial charge >= 0.3 is 6.01 Å². The van der Waals surface area contributed by atoms with Gasteiger partial charge in [0.15, 0.2) is 10.9 Å². The van der Waals surface area contributed by atoms with Crippen LogP contribution in [0.25, 0.3) is 32.2 Å². The Morgan fingerprint density at radius 3 is 2.58 bits per heavy atom. The van der Waals surface area contributed by atoms with Crippen LogP contribution in [0.15, 0.2) is 18.2 Å². The van der Waals surface area contributed by atoms with Gasteiger partial charge in [0.1, 0.15) is 17.2 Å². The summed E-state index contributed by atoms with van der Waals surface area (Å²) in [6.07, 6.45) is 2.17. The van der Waals surface area contributed by atoms with Crippen molar-refractivity contribution >= 4 is 55.0 Å². The van der Waals surface area contributed by atoms with Crippen molar-refractivity contribution in [3.63, 3.8) is 0 Å². The van der Waals surface area contributed by atoms with Crippen molar-refractivity contribution in [1.29, 1.82) is 0 Å². The molecule has 2 fully saturated rings. The molecular weight excluding hydrogens is 556 g/mol. The molecule has 2 saturated heterocycles. The Kier molecular flexibility index (Phi) is 6.97. The maximum atomic E-state index is 16.6. The van der Waals surface area contributed by atoms with Crippen molar-refractivity contribution in [2.24, 2.45) is 5.41 Å². The van der Waals surface area contributed by atoms with E-state index in [9.17, 15) is 4.39 Å². The summed E-state index contributed by atoms with van der Waals surface area (Å²) in [4.78, 5) is 17.9. The van der Waals surface area contributed by atoms with Crippen LogP contribution in [0.2, 0.25) is 5.02 Å². The number of hydrogen-bond acceptors (Lipinski definition) is 9. The number of piperazine rings is 1. The smallest absolute Gasteiger partial charge is 0.319 e. The van der Waals surface area contributed by atoms with E-state index in [1.165, 1.54) is 12.1 Å². The first kappa shape index (κ1) is 27.3. The lowest BCUT2D eigenvalue weighted by Gasteiger charge is -2.34. The molecule has 2 aliphatic rings. The maximum Gasteiger partial charge on any atom is 0.319 e. The number of aromatic nitrogens is 3. The Labute approximate surface area is 240 Å². The van der Waals surface area contributed by atoms with Gasteiger partial charge in [0.2, 0.25) is 0 Å². The number of ether oxygens (including phenoxy) is 1. The molecule has 0 radical (unpaired) electrons. The summed E-state index contributed by atoms with van der Waals surface area (Å²) in [5.74, 6) is -0.515. The van der Waals surface area contributed by atoms with Crippen molar-refractivity contribution in [3.8, 4) is 17.1 Å². The van der Waals surface area contributed by atoms with Crippen LogP contribution in [0.3, 0.4) is 0 Å². The first-order valence-corrected chi connectivity index (χ1v) is 14.5. The zero-order valence-electron chi connectivity index (χ0n) is 22.9. The quantitative estimate of drug-likeness (QED) is 0.300. The molecule has 2 atom stereocenters. The molecule has 8 nitrogen and oxygen atoms in total. The molecule has 6 rings (SSSR count). The minimum absolute atomic E-state index is 0.0911. The number of fused-ring (bicyclic) bond motifs is 4. The number of rotatable bonds is 7. The molecule has 4 aromatic rings. The fourth-order valence-corrected chi connectivity index (χ4v) is 7.10. The van der Waals surface area contributed by atoms with E-state index in [1.54, 1.807) is 6.07 Å². The SMILES string of the molecule is CN(C)CC(C)(C)COc1nc(N2CC3CCC(C2)N3)c2cc(Cl)c(-c3ccc(F)c4sc(N)nc34)c(F)c2n1. The zero-order chi connectivity index (χ0) is 28.3. The molecule has 0 amide bonds. The van der Waals surface area contributed by atoms with Crippen LogP contribution in [0, 0.1) is 17.0 Å². The highest BCUT2D eigenvalue weighted by molar-refractivity contribution is 7.22. The van der Waals surface area contributed by atoms with Crippen molar-refractivity contribution in [3.05, 3.63) is 34.9 Å². The molecule has 4 heterocycles. The second-order valence-electron chi connectivity index (χ2n) is 11.8.